The van der Waals surface area contributed by atoms with Gasteiger partial charge in [0, 0.05) is 38.2 Å². The molecule has 0 aliphatic carbocycles. The van der Waals surface area contributed by atoms with Gasteiger partial charge < -0.3 is 9.80 Å². The molecule has 2 aliphatic heterocycles. The van der Waals surface area contributed by atoms with Crippen LogP contribution >= 0.6 is 0 Å². The number of benzene rings is 1. The highest BCUT2D eigenvalue weighted by molar-refractivity contribution is 8.00. The van der Waals surface area contributed by atoms with E-state index in [0.29, 0.717) is 54.5 Å². The molecule has 0 atom stereocenters. The van der Waals surface area contributed by atoms with Gasteiger partial charge in [-0.25, -0.2) is 0 Å². The molecule has 30 heavy (non-hydrogen) atoms. The van der Waals surface area contributed by atoms with Gasteiger partial charge in [0.15, 0.2) is 0 Å². The van der Waals surface area contributed by atoms with Crippen molar-refractivity contribution in [3.63, 3.8) is 0 Å². The second-order valence-corrected chi connectivity index (χ2v) is 10.9. The van der Waals surface area contributed by atoms with Crippen molar-refractivity contribution in [3.05, 3.63) is 41.0 Å². The van der Waals surface area contributed by atoms with E-state index in [-0.39, 0.29) is 11.3 Å². The van der Waals surface area contributed by atoms with Crippen molar-refractivity contribution in [2.24, 2.45) is 9.81 Å². The van der Waals surface area contributed by atoms with Gasteiger partial charge >= 0.3 is 0 Å². The molecule has 0 saturated carbocycles. The third kappa shape index (κ3) is 4.94. The number of hydrogen-bond acceptors (Lipinski definition) is 4. The predicted octanol–water partition coefficient (Wildman–Crippen LogP) is 3.69. The summed E-state index contributed by atoms with van der Waals surface area (Å²) in [6, 6.07) is 7.66. The molecular weight excluding hydrogens is 398 g/mol. The van der Waals surface area contributed by atoms with Crippen LogP contribution in [0.1, 0.15) is 58.6 Å². The van der Waals surface area contributed by atoms with Crippen molar-refractivity contribution in [2.75, 3.05) is 26.2 Å². The Hall–Kier alpha value is -2.15. The van der Waals surface area contributed by atoms with Crippen LogP contribution in [-0.4, -0.2) is 56.1 Å². The highest BCUT2D eigenvalue weighted by atomic mass is 32.2. The fourth-order valence-corrected chi connectivity index (χ4v) is 5.50. The van der Waals surface area contributed by atoms with E-state index in [1.807, 2.05) is 41.0 Å². The molecule has 1 aromatic rings. The summed E-state index contributed by atoms with van der Waals surface area (Å²) in [5.41, 5.74) is 2.49. The first-order chi connectivity index (χ1) is 14.0. The molecule has 0 spiro atoms. The summed E-state index contributed by atoms with van der Waals surface area (Å²) in [7, 11) is -3.73. The topological polar surface area (TPSA) is 70.0 Å². The Morgan fingerprint density at radius 3 is 2.33 bits per heavy atom. The molecule has 1 amide bonds. The molecule has 3 rings (SSSR count). The fraction of sp³-hybridized carbons (Fsp3) is 0.565. The van der Waals surface area contributed by atoms with E-state index in [2.05, 4.69) is 32.1 Å². The summed E-state index contributed by atoms with van der Waals surface area (Å²) in [4.78, 5) is 16.8. The van der Waals surface area contributed by atoms with E-state index in [1.165, 1.54) is 5.56 Å². The molecule has 1 saturated heterocycles. The van der Waals surface area contributed by atoms with Crippen LogP contribution in [0.4, 0.5) is 0 Å². The molecule has 1 aromatic carbocycles. The zero-order valence-corrected chi connectivity index (χ0v) is 19.6. The molecule has 0 aromatic heterocycles. The Morgan fingerprint density at radius 2 is 1.73 bits per heavy atom. The van der Waals surface area contributed by atoms with Crippen LogP contribution in [0.2, 0.25) is 0 Å². The van der Waals surface area contributed by atoms with Gasteiger partial charge in [-0.3, -0.25) is 4.79 Å². The van der Waals surface area contributed by atoms with Gasteiger partial charge in [-0.15, -0.1) is 4.40 Å². The minimum Gasteiger partial charge on any atom is -0.354 e. The molecule has 0 N–H and O–H groups in total. The van der Waals surface area contributed by atoms with Gasteiger partial charge in [-0.1, -0.05) is 52.0 Å². The zero-order chi connectivity index (χ0) is 22.1. The lowest BCUT2D eigenvalue weighted by molar-refractivity contribution is -0.132. The van der Waals surface area contributed by atoms with Crippen molar-refractivity contribution in [2.45, 2.75) is 53.9 Å². The quantitative estimate of drug-likeness (QED) is 0.732. The highest BCUT2D eigenvalue weighted by Crippen LogP contribution is 2.34. The van der Waals surface area contributed by atoms with E-state index >= 15 is 0 Å². The number of nitrogens with zero attached hydrogens (tertiary/aromatic N) is 3. The monoisotopic (exact) mass is 431 g/mol. The SMILES string of the molecule is CCc1ccc(C2=C(C)C(N3CCCN(C(=O)CC(C)(C)C)CC3)=NS2(=O)=O)cc1. The molecule has 6 nitrogen and oxygen atoms in total. The predicted molar refractivity (Wildman–Crippen MR) is 122 cm³/mol. The van der Waals surface area contributed by atoms with Crippen LogP contribution in [0.15, 0.2) is 34.2 Å². The number of carbonyl (C=O) groups excluding carboxylic acids is 1. The number of amides is 1. The largest absolute Gasteiger partial charge is 0.354 e. The molecule has 0 unspecified atom stereocenters. The van der Waals surface area contributed by atoms with Gasteiger partial charge in [-0.05, 0) is 36.3 Å². The lowest BCUT2D eigenvalue weighted by Gasteiger charge is -2.26. The number of rotatable bonds is 3. The molecule has 7 heteroatoms. The lowest BCUT2D eigenvalue weighted by Crippen LogP contribution is -2.38. The molecule has 2 aliphatic rings. The fourth-order valence-electron chi connectivity index (χ4n) is 4.02. The average molecular weight is 432 g/mol. The molecule has 1 fully saturated rings. The Morgan fingerprint density at radius 1 is 1.07 bits per heavy atom. The standard InChI is InChI=1S/C23H33N3O3S/c1-6-18-8-10-19(11-9-18)21-17(2)22(24-30(21,28)29)26-13-7-12-25(14-15-26)20(27)16-23(3,4)5/h8-11H,6-7,12-16H2,1-5H3. The first-order valence-electron chi connectivity index (χ1n) is 10.7. The van der Waals surface area contributed by atoms with Crippen LogP contribution < -0.4 is 0 Å². The van der Waals surface area contributed by atoms with Crippen molar-refractivity contribution in [1.82, 2.24) is 9.80 Å². The summed E-state index contributed by atoms with van der Waals surface area (Å²) >= 11 is 0. The molecule has 2 heterocycles. The van der Waals surface area contributed by atoms with Crippen LogP contribution in [0.3, 0.4) is 0 Å². The van der Waals surface area contributed by atoms with Crippen molar-refractivity contribution < 1.29 is 13.2 Å². The van der Waals surface area contributed by atoms with Crippen molar-refractivity contribution in [3.8, 4) is 0 Å². The maximum Gasteiger partial charge on any atom is 0.285 e. The van der Waals surface area contributed by atoms with Crippen LogP contribution in [0.25, 0.3) is 4.91 Å². The van der Waals surface area contributed by atoms with Crippen molar-refractivity contribution >= 4 is 26.7 Å². The Bertz CT molecular complexity index is 970. The molecular formula is C23H33N3O3S. The molecule has 164 valence electrons. The van der Waals surface area contributed by atoms with E-state index < -0.39 is 10.0 Å². The Kier molecular flexibility index (Phi) is 6.41. The third-order valence-corrected chi connectivity index (χ3v) is 7.07. The van der Waals surface area contributed by atoms with Gasteiger partial charge in [-0.2, -0.15) is 8.42 Å². The normalized spacial score (nSPS) is 19.7. The number of amidine groups is 1. The molecule has 0 radical (unpaired) electrons. The summed E-state index contributed by atoms with van der Waals surface area (Å²) in [5, 5.41) is 0. The summed E-state index contributed by atoms with van der Waals surface area (Å²) in [5.74, 6) is 0.684. The van der Waals surface area contributed by atoms with Gasteiger partial charge in [0.25, 0.3) is 10.0 Å². The lowest BCUT2D eigenvalue weighted by atomic mass is 9.91. The minimum atomic E-state index is -3.73. The first kappa shape index (κ1) is 22.5. The second-order valence-electron chi connectivity index (χ2n) is 9.35. The van der Waals surface area contributed by atoms with Gasteiger partial charge in [0.2, 0.25) is 5.91 Å². The van der Waals surface area contributed by atoms with Crippen LogP contribution in [0.5, 0.6) is 0 Å². The zero-order valence-electron chi connectivity index (χ0n) is 18.7. The number of hydrogen-bond donors (Lipinski definition) is 0. The summed E-state index contributed by atoms with van der Waals surface area (Å²) in [6.45, 7) is 12.7. The number of sulfonamides is 1. The smallest absolute Gasteiger partial charge is 0.285 e. The maximum absolute atomic E-state index is 12.9. The van der Waals surface area contributed by atoms with E-state index in [1.54, 1.807) is 0 Å². The minimum absolute atomic E-state index is 0.0474. The third-order valence-electron chi connectivity index (χ3n) is 5.59. The average Bonchev–Trinajstić information content (AvgIpc) is 2.81. The number of aryl methyl sites for hydroxylation is 1. The summed E-state index contributed by atoms with van der Waals surface area (Å²) in [6.07, 6.45) is 2.22. The van der Waals surface area contributed by atoms with Gasteiger partial charge in [0.05, 0.1) is 0 Å². The highest BCUT2D eigenvalue weighted by Gasteiger charge is 2.34. The van der Waals surface area contributed by atoms with E-state index in [4.69, 9.17) is 0 Å². The summed E-state index contributed by atoms with van der Waals surface area (Å²) < 4.78 is 29.9. The maximum atomic E-state index is 12.9. The second kappa shape index (κ2) is 8.53. The van der Waals surface area contributed by atoms with Gasteiger partial charge in [0.1, 0.15) is 10.7 Å². The molecule has 0 bridgehead atoms. The van der Waals surface area contributed by atoms with E-state index in [9.17, 15) is 13.2 Å². The number of carbonyl (C=O) groups is 1. The Balaban J connectivity index is 1.80. The Labute approximate surface area is 180 Å². The van der Waals surface area contributed by atoms with Crippen LogP contribution in [0, 0.1) is 5.41 Å². The van der Waals surface area contributed by atoms with Crippen LogP contribution in [-0.2, 0) is 21.2 Å². The first-order valence-corrected chi connectivity index (χ1v) is 12.1. The van der Waals surface area contributed by atoms with E-state index in [0.717, 1.165) is 12.8 Å². The van der Waals surface area contributed by atoms with Crippen molar-refractivity contribution in [1.29, 1.82) is 0 Å².